The predicted molar refractivity (Wildman–Crippen MR) is 78.6 cm³/mol. The van der Waals surface area contributed by atoms with Gasteiger partial charge in [0.1, 0.15) is 5.76 Å². The topological polar surface area (TPSA) is 25.2 Å². The Labute approximate surface area is 119 Å². The third-order valence-electron chi connectivity index (χ3n) is 4.00. The fourth-order valence-corrected chi connectivity index (χ4v) is 3.48. The molecule has 0 radical (unpaired) electrons. The van der Waals surface area contributed by atoms with Crippen LogP contribution < -0.4 is 5.32 Å². The zero-order chi connectivity index (χ0) is 12.8. The van der Waals surface area contributed by atoms with Crippen LogP contribution in [0.1, 0.15) is 63.7 Å². The Morgan fingerprint density at radius 2 is 2.17 bits per heavy atom. The molecule has 1 aromatic rings. The summed E-state index contributed by atoms with van der Waals surface area (Å²) in [5.74, 6) is 2.00. The minimum Gasteiger partial charge on any atom is -0.466 e. The number of nitrogens with one attached hydrogen (secondary N) is 1. The molecule has 2 rings (SSSR count). The maximum atomic E-state index is 5.61. The van der Waals surface area contributed by atoms with Gasteiger partial charge in [-0.2, -0.15) is 0 Å². The van der Waals surface area contributed by atoms with Crippen molar-refractivity contribution in [2.24, 2.45) is 5.92 Å². The third-order valence-corrected chi connectivity index (χ3v) is 4.66. The molecule has 0 aromatic carbocycles. The summed E-state index contributed by atoms with van der Waals surface area (Å²) in [6, 6.07) is 2.35. The molecule has 102 valence electrons. The molecule has 3 heteroatoms. The Hall–Kier alpha value is -0.280. The highest BCUT2D eigenvalue weighted by atomic mass is 79.9. The molecule has 1 heterocycles. The van der Waals surface area contributed by atoms with E-state index in [1.165, 1.54) is 44.9 Å². The van der Waals surface area contributed by atoms with E-state index in [0.29, 0.717) is 6.04 Å². The Morgan fingerprint density at radius 1 is 1.39 bits per heavy atom. The van der Waals surface area contributed by atoms with Crippen molar-refractivity contribution in [3.8, 4) is 0 Å². The highest BCUT2D eigenvalue weighted by Crippen LogP contribution is 2.32. The lowest BCUT2D eigenvalue weighted by atomic mass is 9.85. The zero-order valence-electron chi connectivity index (χ0n) is 11.3. The first-order valence-corrected chi connectivity index (χ1v) is 8.06. The molecule has 0 amide bonds. The van der Waals surface area contributed by atoms with Gasteiger partial charge in [0.2, 0.25) is 0 Å². The van der Waals surface area contributed by atoms with Crippen LogP contribution in [0, 0.1) is 5.92 Å². The molecule has 0 saturated heterocycles. The van der Waals surface area contributed by atoms with Crippen molar-refractivity contribution in [3.05, 3.63) is 22.6 Å². The van der Waals surface area contributed by atoms with Gasteiger partial charge >= 0.3 is 0 Å². The number of furan rings is 1. The van der Waals surface area contributed by atoms with Crippen molar-refractivity contribution < 1.29 is 4.42 Å². The van der Waals surface area contributed by atoms with E-state index in [9.17, 15) is 0 Å². The number of rotatable bonds is 6. The fraction of sp³-hybridized carbons (Fsp3) is 0.733. The van der Waals surface area contributed by atoms with Gasteiger partial charge in [-0.15, -0.1) is 0 Å². The van der Waals surface area contributed by atoms with Crippen LogP contribution in [0.2, 0.25) is 0 Å². The summed E-state index contributed by atoms with van der Waals surface area (Å²) in [4.78, 5) is 0. The Bertz CT molecular complexity index is 344. The Morgan fingerprint density at radius 3 is 2.78 bits per heavy atom. The lowest BCUT2D eigenvalue weighted by molar-refractivity contribution is 0.302. The quantitative estimate of drug-likeness (QED) is 0.794. The second kappa shape index (κ2) is 7.34. The van der Waals surface area contributed by atoms with Crippen LogP contribution in [-0.4, -0.2) is 6.54 Å². The molecule has 1 saturated carbocycles. The molecule has 1 aliphatic carbocycles. The van der Waals surface area contributed by atoms with E-state index >= 15 is 0 Å². The lowest BCUT2D eigenvalue weighted by Crippen LogP contribution is -2.22. The van der Waals surface area contributed by atoms with Gasteiger partial charge in [0.25, 0.3) is 0 Å². The van der Waals surface area contributed by atoms with Crippen LogP contribution in [0.3, 0.4) is 0 Å². The Kier molecular flexibility index (Phi) is 5.77. The molecule has 1 fully saturated rings. The van der Waals surface area contributed by atoms with Crippen molar-refractivity contribution >= 4 is 15.9 Å². The van der Waals surface area contributed by atoms with Crippen molar-refractivity contribution in [1.29, 1.82) is 0 Å². The van der Waals surface area contributed by atoms with E-state index in [4.69, 9.17) is 4.42 Å². The summed E-state index contributed by atoms with van der Waals surface area (Å²) in [7, 11) is 0. The van der Waals surface area contributed by atoms with Gasteiger partial charge in [-0.1, -0.05) is 39.0 Å². The standard InChI is InChI=1S/C15H24BrNO/c1-2-17-14(15-13(16)10-11-18-15)9-8-12-6-4-3-5-7-12/h10-12,14,17H,2-9H2,1H3. The molecule has 18 heavy (non-hydrogen) atoms. The molecule has 1 unspecified atom stereocenters. The summed E-state index contributed by atoms with van der Waals surface area (Å²) in [5, 5.41) is 3.54. The number of halogens is 1. The molecule has 2 nitrogen and oxygen atoms in total. The van der Waals surface area contributed by atoms with Crippen molar-refractivity contribution in [2.45, 2.75) is 57.9 Å². The average molecular weight is 314 g/mol. The first-order chi connectivity index (χ1) is 8.81. The molecular weight excluding hydrogens is 290 g/mol. The van der Waals surface area contributed by atoms with Crippen molar-refractivity contribution in [3.63, 3.8) is 0 Å². The summed E-state index contributed by atoms with van der Waals surface area (Å²) >= 11 is 3.57. The van der Waals surface area contributed by atoms with E-state index < -0.39 is 0 Å². The first-order valence-electron chi connectivity index (χ1n) is 7.27. The third kappa shape index (κ3) is 3.86. The van der Waals surface area contributed by atoms with E-state index in [0.717, 1.165) is 22.7 Å². The van der Waals surface area contributed by atoms with Gasteiger partial charge in [-0.25, -0.2) is 0 Å². The molecule has 0 aliphatic heterocycles. The van der Waals surface area contributed by atoms with E-state index in [1.54, 1.807) is 6.26 Å². The van der Waals surface area contributed by atoms with Gasteiger partial charge in [0.15, 0.2) is 0 Å². The van der Waals surface area contributed by atoms with Gasteiger partial charge in [0, 0.05) is 0 Å². The van der Waals surface area contributed by atoms with Crippen LogP contribution in [0.4, 0.5) is 0 Å². The number of hydrogen-bond acceptors (Lipinski definition) is 2. The minimum atomic E-state index is 0.362. The highest BCUT2D eigenvalue weighted by molar-refractivity contribution is 9.10. The second-order valence-electron chi connectivity index (χ2n) is 5.32. The minimum absolute atomic E-state index is 0.362. The molecule has 1 aromatic heterocycles. The largest absolute Gasteiger partial charge is 0.466 e. The van der Waals surface area contributed by atoms with Crippen LogP contribution in [0.15, 0.2) is 21.2 Å². The van der Waals surface area contributed by atoms with Crippen LogP contribution in [0.5, 0.6) is 0 Å². The smallest absolute Gasteiger partial charge is 0.134 e. The van der Waals surface area contributed by atoms with Gasteiger partial charge < -0.3 is 9.73 Å². The predicted octanol–water partition coefficient (Wildman–Crippen LogP) is 5.05. The summed E-state index contributed by atoms with van der Waals surface area (Å²) in [5.41, 5.74) is 0. The van der Waals surface area contributed by atoms with Crippen LogP contribution in [0.25, 0.3) is 0 Å². The summed E-state index contributed by atoms with van der Waals surface area (Å²) in [6.45, 7) is 3.15. The summed E-state index contributed by atoms with van der Waals surface area (Å²) in [6.07, 6.45) is 11.4. The fourth-order valence-electron chi connectivity index (χ4n) is 3.00. The molecule has 0 bridgehead atoms. The van der Waals surface area contributed by atoms with Crippen LogP contribution >= 0.6 is 15.9 Å². The lowest BCUT2D eigenvalue weighted by Gasteiger charge is -2.24. The molecular formula is C15H24BrNO. The number of hydrogen-bond donors (Lipinski definition) is 1. The zero-order valence-corrected chi connectivity index (χ0v) is 12.8. The van der Waals surface area contributed by atoms with E-state index in [-0.39, 0.29) is 0 Å². The normalized spacial score (nSPS) is 19.0. The second-order valence-corrected chi connectivity index (χ2v) is 6.18. The maximum Gasteiger partial charge on any atom is 0.134 e. The summed E-state index contributed by atoms with van der Waals surface area (Å²) < 4.78 is 6.70. The molecule has 1 atom stereocenters. The highest BCUT2D eigenvalue weighted by Gasteiger charge is 2.20. The Balaban J connectivity index is 1.88. The SMILES string of the molecule is CCNC(CCC1CCCCC1)c1occc1Br. The van der Waals surface area contributed by atoms with Crippen molar-refractivity contribution in [2.75, 3.05) is 6.54 Å². The average Bonchev–Trinajstić information content (AvgIpc) is 2.82. The molecule has 1 N–H and O–H groups in total. The van der Waals surface area contributed by atoms with Crippen molar-refractivity contribution in [1.82, 2.24) is 5.32 Å². The van der Waals surface area contributed by atoms with E-state index in [2.05, 4.69) is 28.2 Å². The van der Waals surface area contributed by atoms with Gasteiger partial charge in [-0.05, 0) is 47.3 Å². The maximum absolute atomic E-state index is 5.61. The molecule has 0 spiro atoms. The van der Waals surface area contributed by atoms with Gasteiger partial charge in [-0.3, -0.25) is 0 Å². The first kappa shape index (κ1) is 14.1. The monoisotopic (exact) mass is 313 g/mol. The van der Waals surface area contributed by atoms with Crippen LogP contribution in [-0.2, 0) is 0 Å². The van der Waals surface area contributed by atoms with Gasteiger partial charge in [0.05, 0.1) is 16.8 Å². The molecule has 1 aliphatic rings. The van der Waals surface area contributed by atoms with E-state index in [1.807, 2.05) is 6.07 Å².